The Morgan fingerprint density at radius 1 is 1.18 bits per heavy atom. The summed E-state index contributed by atoms with van der Waals surface area (Å²) < 4.78 is 40.7. The molecule has 6 nitrogen and oxygen atoms in total. The zero-order valence-electron chi connectivity index (χ0n) is 15.9. The van der Waals surface area contributed by atoms with Gasteiger partial charge in [0.15, 0.2) is 0 Å². The first kappa shape index (κ1) is 20.3. The van der Waals surface area contributed by atoms with Crippen LogP contribution in [0, 0.1) is 5.82 Å². The summed E-state index contributed by atoms with van der Waals surface area (Å²) in [7, 11) is -1.89. The molecule has 1 fully saturated rings. The average molecular weight is 405 g/mol. The Bertz CT molecular complexity index is 943. The Labute approximate surface area is 164 Å². The van der Waals surface area contributed by atoms with Crippen LogP contribution in [0.5, 0.6) is 0 Å². The number of likely N-dealkylation sites (N-methyl/N-ethyl adjacent to an activating group) is 1. The number of carbonyl (C=O) groups is 1. The molecule has 1 aliphatic carbocycles. The smallest absolute Gasteiger partial charge is 0.261 e. The van der Waals surface area contributed by atoms with Gasteiger partial charge in [-0.2, -0.15) is 0 Å². The molecule has 0 spiro atoms. The van der Waals surface area contributed by atoms with Gasteiger partial charge in [0.25, 0.3) is 15.9 Å². The van der Waals surface area contributed by atoms with E-state index in [1.165, 1.54) is 61.4 Å². The zero-order valence-corrected chi connectivity index (χ0v) is 16.7. The van der Waals surface area contributed by atoms with Crippen molar-refractivity contribution in [3.05, 3.63) is 59.9 Å². The third kappa shape index (κ3) is 4.88. The minimum atomic E-state index is -3.95. The normalized spacial score (nSPS) is 15.3. The molecule has 3 rings (SSSR count). The van der Waals surface area contributed by atoms with Gasteiger partial charge >= 0.3 is 0 Å². The number of anilines is 1. The van der Waals surface area contributed by atoms with Crippen molar-refractivity contribution in [2.45, 2.75) is 36.7 Å². The van der Waals surface area contributed by atoms with E-state index in [-0.39, 0.29) is 22.5 Å². The van der Waals surface area contributed by atoms with Crippen LogP contribution in [0.2, 0.25) is 0 Å². The van der Waals surface area contributed by atoms with Gasteiger partial charge in [0.1, 0.15) is 5.82 Å². The first-order valence-electron chi connectivity index (χ1n) is 9.15. The van der Waals surface area contributed by atoms with E-state index in [0.29, 0.717) is 18.2 Å². The van der Waals surface area contributed by atoms with Gasteiger partial charge in [0, 0.05) is 24.2 Å². The first-order chi connectivity index (χ1) is 13.3. The van der Waals surface area contributed by atoms with Crippen LogP contribution in [0.1, 0.15) is 30.1 Å². The summed E-state index contributed by atoms with van der Waals surface area (Å²) >= 11 is 0. The number of amides is 1. The van der Waals surface area contributed by atoms with Gasteiger partial charge in [0.2, 0.25) is 0 Å². The summed E-state index contributed by atoms with van der Waals surface area (Å²) in [4.78, 5) is 14.5. The first-order valence-corrected chi connectivity index (χ1v) is 10.6. The molecule has 0 saturated heterocycles. The number of benzene rings is 2. The number of halogens is 1. The molecule has 2 aromatic rings. The second-order valence-electron chi connectivity index (χ2n) is 7.07. The topological polar surface area (TPSA) is 78.5 Å². The molecule has 0 aliphatic heterocycles. The van der Waals surface area contributed by atoms with Gasteiger partial charge < -0.3 is 5.32 Å². The van der Waals surface area contributed by atoms with Crippen molar-refractivity contribution in [3.8, 4) is 0 Å². The lowest BCUT2D eigenvalue weighted by Crippen LogP contribution is -2.41. The molecule has 0 bridgehead atoms. The minimum Gasteiger partial charge on any atom is -0.350 e. The molecule has 0 radical (unpaired) electrons. The largest absolute Gasteiger partial charge is 0.350 e. The third-order valence-electron chi connectivity index (χ3n) is 4.92. The molecular weight excluding hydrogens is 381 g/mol. The van der Waals surface area contributed by atoms with Crippen LogP contribution in [0.4, 0.5) is 10.1 Å². The van der Waals surface area contributed by atoms with E-state index < -0.39 is 15.8 Å². The predicted molar refractivity (Wildman–Crippen MR) is 106 cm³/mol. The molecule has 8 heteroatoms. The van der Waals surface area contributed by atoms with Crippen molar-refractivity contribution in [1.82, 2.24) is 10.2 Å². The Kier molecular flexibility index (Phi) is 6.00. The second kappa shape index (κ2) is 8.28. The van der Waals surface area contributed by atoms with Gasteiger partial charge in [-0.15, -0.1) is 0 Å². The number of nitrogens with zero attached hydrogens (tertiary/aromatic N) is 1. The Morgan fingerprint density at radius 2 is 1.82 bits per heavy atom. The number of carbonyl (C=O) groups excluding carboxylic acids is 1. The molecule has 0 aromatic heterocycles. The Morgan fingerprint density at radius 3 is 2.43 bits per heavy atom. The Balaban J connectivity index is 1.62. The Hall–Kier alpha value is -2.45. The van der Waals surface area contributed by atoms with Crippen LogP contribution in [0.25, 0.3) is 0 Å². The summed E-state index contributed by atoms with van der Waals surface area (Å²) in [6.45, 7) is 2.57. The van der Waals surface area contributed by atoms with Crippen LogP contribution in [-0.2, 0) is 10.0 Å². The molecule has 28 heavy (non-hydrogen) atoms. The van der Waals surface area contributed by atoms with E-state index in [1.54, 1.807) is 0 Å². The number of sulfonamides is 1. The van der Waals surface area contributed by atoms with Gasteiger partial charge in [-0.05, 0) is 63.2 Å². The highest BCUT2D eigenvalue weighted by Crippen LogP contribution is 2.26. The molecular formula is C20H24FN3O3S. The quantitative estimate of drug-likeness (QED) is 0.708. The maximum absolute atomic E-state index is 13.7. The molecule has 1 saturated carbocycles. The van der Waals surface area contributed by atoms with Crippen LogP contribution in [0.3, 0.4) is 0 Å². The van der Waals surface area contributed by atoms with Crippen LogP contribution >= 0.6 is 0 Å². The summed E-state index contributed by atoms with van der Waals surface area (Å²) in [5, 5.41) is 2.87. The number of rotatable bonds is 8. The van der Waals surface area contributed by atoms with E-state index in [2.05, 4.69) is 28.9 Å². The van der Waals surface area contributed by atoms with Crippen molar-refractivity contribution < 1.29 is 17.6 Å². The molecule has 1 atom stereocenters. The maximum atomic E-state index is 13.7. The van der Waals surface area contributed by atoms with Crippen molar-refractivity contribution >= 4 is 21.6 Å². The van der Waals surface area contributed by atoms with Crippen molar-refractivity contribution in [2.75, 3.05) is 18.3 Å². The van der Waals surface area contributed by atoms with E-state index in [0.717, 1.165) is 0 Å². The van der Waals surface area contributed by atoms with E-state index in [9.17, 15) is 17.6 Å². The number of para-hydroxylation sites is 1. The maximum Gasteiger partial charge on any atom is 0.261 e. The fourth-order valence-electron chi connectivity index (χ4n) is 2.86. The average Bonchev–Trinajstić information content (AvgIpc) is 3.52. The molecule has 0 heterocycles. The monoisotopic (exact) mass is 405 g/mol. The molecule has 2 aromatic carbocycles. The molecule has 150 valence electrons. The number of hydrogen-bond acceptors (Lipinski definition) is 4. The number of nitrogens with one attached hydrogen (secondary N) is 2. The van der Waals surface area contributed by atoms with Gasteiger partial charge in [-0.1, -0.05) is 12.1 Å². The SMILES string of the molecule is CC(CNC(=O)c1ccc(S(=O)(=O)Nc2ccccc2F)cc1)N(C)C1CC1. The minimum absolute atomic E-state index is 0.0471. The van der Waals surface area contributed by atoms with E-state index in [4.69, 9.17) is 0 Å². The summed E-state index contributed by atoms with van der Waals surface area (Å²) in [6.07, 6.45) is 2.40. The molecule has 2 N–H and O–H groups in total. The zero-order chi connectivity index (χ0) is 20.3. The predicted octanol–water partition coefficient (Wildman–Crippen LogP) is 2.84. The van der Waals surface area contributed by atoms with Crippen LogP contribution in [-0.4, -0.2) is 44.9 Å². The van der Waals surface area contributed by atoms with Crippen molar-refractivity contribution in [2.24, 2.45) is 0 Å². The molecule has 1 aliphatic rings. The van der Waals surface area contributed by atoms with E-state index in [1.807, 2.05) is 0 Å². The fraction of sp³-hybridized carbons (Fsp3) is 0.350. The summed E-state index contributed by atoms with van der Waals surface area (Å²) in [5.74, 6) is -0.922. The summed E-state index contributed by atoms with van der Waals surface area (Å²) in [6, 6.07) is 11.9. The van der Waals surface area contributed by atoms with Gasteiger partial charge in [0.05, 0.1) is 10.6 Å². The highest BCUT2D eigenvalue weighted by atomic mass is 32.2. The third-order valence-corrected chi connectivity index (χ3v) is 6.30. The fourth-order valence-corrected chi connectivity index (χ4v) is 3.93. The standard InChI is InChI=1S/C20H24FN3O3S/c1-14(24(2)16-9-10-16)13-22-20(25)15-7-11-17(12-8-15)28(26,27)23-19-6-4-3-5-18(19)21/h3-8,11-12,14,16,23H,9-10,13H2,1-2H3,(H,22,25). The van der Waals surface area contributed by atoms with Crippen LogP contribution < -0.4 is 10.0 Å². The lowest BCUT2D eigenvalue weighted by Gasteiger charge is -2.24. The highest BCUT2D eigenvalue weighted by Gasteiger charge is 2.29. The summed E-state index contributed by atoms with van der Waals surface area (Å²) in [5.41, 5.74) is 0.240. The molecule has 1 unspecified atom stereocenters. The van der Waals surface area contributed by atoms with E-state index >= 15 is 0 Å². The second-order valence-corrected chi connectivity index (χ2v) is 8.75. The van der Waals surface area contributed by atoms with Crippen molar-refractivity contribution in [1.29, 1.82) is 0 Å². The van der Waals surface area contributed by atoms with Crippen molar-refractivity contribution in [3.63, 3.8) is 0 Å². The van der Waals surface area contributed by atoms with Gasteiger partial charge in [-0.3, -0.25) is 14.4 Å². The number of hydrogen-bond donors (Lipinski definition) is 2. The van der Waals surface area contributed by atoms with Crippen LogP contribution in [0.15, 0.2) is 53.4 Å². The lowest BCUT2D eigenvalue weighted by atomic mass is 10.2. The van der Waals surface area contributed by atoms with Gasteiger partial charge in [-0.25, -0.2) is 12.8 Å². The lowest BCUT2D eigenvalue weighted by molar-refractivity contribution is 0.0939. The highest BCUT2D eigenvalue weighted by molar-refractivity contribution is 7.92. The molecule has 1 amide bonds.